The smallest absolute Gasteiger partial charge is 0.283 e. The zero-order valence-electron chi connectivity index (χ0n) is 12.8. The lowest BCUT2D eigenvalue weighted by Crippen LogP contribution is -2.49. The maximum atomic E-state index is 12.5. The number of benzene rings is 1. The van der Waals surface area contributed by atoms with Crippen LogP contribution in [-0.4, -0.2) is 53.4 Å². The number of halogens is 1. The first-order chi connectivity index (χ1) is 10.4. The summed E-state index contributed by atoms with van der Waals surface area (Å²) in [5, 5.41) is 11.4. The molecule has 1 aliphatic heterocycles. The second-order valence-electron chi connectivity index (χ2n) is 5.91. The topological polar surface area (TPSA) is 66.7 Å². The van der Waals surface area contributed by atoms with Gasteiger partial charge in [-0.15, -0.1) is 0 Å². The van der Waals surface area contributed by atoms with Gasteiger partial charge in [-0.25, -0.2) is 0 Å². The van der Waals surface area contributed by atoms with Gasteiger partial charge in [0.2, 0.25) is 0 Å². The summed E-state index contributed by atoms with van der Waals surface area (Å²) in [6.45, 7) is 8.10. The molecule has 1 saturated heterocycles. The van der Waals surface area contributed by atoms with E-state index in [-0.39, 0.29) is 22.2 Å². The molecule has 1 aromatic carbocycles. The number of piperazine rings is 1. The van der Waals surface area contributed by atoms with Crippen LogP contribution in [0.2, 0.25) is 5.02 Å². The number of amides is 1. The van der Waals surface area contributed by atoms with Crippen LogP contribution in [0.5, 0.6) is 0 Å². The number of hydrogen-bond donors (Lipinski definition) is 0. The van der Waals surface area contributed by atoms with E-state index in [4.69, 9.17) is 11.6 Å². The van der Waals surface area contributed by atoms with Crippen LogP contribution in [0.4, 0.5) is 5.69 Å². The molecule has 6 nitrogen and oxygen atoms in total. The fourth-order valence-corrected chi connectivity index (χ4v) is 2.82. The Kier molecular flexibility index (Phi) is 5.37. The van der Waals surface area contributed by atoms with Crippen LogP contribution in [0.25, 0.3) is 0 Å². The van der Waals surface area contributed by atoms with Crippen LogP contribution < -0.4 is 0 Å². The third kappa shape index (κ3) is 3.96. The summed E-state index contributed by atoms with van der Waals surface area (Å²) in [5.41, 5.74) is -0.131. The van der Waals surface area contributed by atoms with Crippen molar-refractivity contribution in [2.75, 3.05) is 32.7 Å². The Morgan fingerprint density at radius 2 is 1.95 bits per heavy atom. The Bertz CT molecular complexity index is 569. The number of nitro groups is 1. The van der Waals surface area contributed by atoms with Crippen molar-refractivity contribution in [1.82, 2.24) is 9.80 Å². The Hall–Kier alpha value is -1.66. The molecule has 0 radical (unpaired) electrons. The van der Waals surface area contributed by atoms with Gasteiger partial charge in [0.1, 0.15) is 5.56 Å². The standard InChI is InChI=1S/C15H20ClN3O3/c1-11(2)10-17-5-7-18(8-6-17)15(20)13-4-3-12(16)9-14(13)19(21)22/h3-4,9,11H,5-8,10H2,1-2H3. The van der Waals surface area contributed by atoms with E-state index in [1.54, 1.807) is 4.90 Å². The second kappa shape index (κ2) is 7.07. The number of rotatable bonds is 4. The van der Waals surface area contributed by atoms with Crippen molar-refractivity contribution in [2.45, 2.75) is 13.8 Å². The molecule has 0 bridgehead atoms. The first-order valence-corrected chi connectivity index (χ1v) is 7.72. The summed E-state index contributed by atoms with van der Waals surface area (Å²) in [6, 6.07) is 4.17. The maximum absolute atomic E-state index is 12.5. The zero-order valence-corrected chi connectivity index (χ0v) is 13.5. The Balaban J connectivity index is 2.09. The Labute approximate surface area is 134 Å². The minimum atomic E-state index is -0.561. The third-order valence-electron chi connectivity index (χ3n) is 3.67. The largest absolute Gasteiger partial charge is 0.336 e. The lowest BCUT2D eigenvalue weighted by Gasteiger charge is -2.35. The lowest BCUT2D eigenvalue weighted by molar-refractivity contribution is -0.385. The van der Waals surface area contributed by atoms with Crippen LogP contribution >= 0.6 is 11.6 Å². The van der Waals surface area contributed by atoms with E-state index in [0.717, 1.165) is 19.6 Å². The molecular formula is C15H20ClN3O3. The predicted molar refractivity (Wildman–Crippen MR) is 85.3 cm³/mol. The summed E-state index contributed by atoms with van der Waals surface area (Å²) >= 11 is 5.78. The normalized spacial score (nSPS) is 16.1. The van der Waals surface area contributed by atoms with Gasteiger partial charge in [0, 0.05) is 43.8 Å². The molecule has 22 heavy (non-hydrogen) atoms. The molecule has 120 valence electrons. The van der Waals surface area contributed by atoms with Crippen molar-refractivity contribution >= 4 is 23.2 Å². The van der Waals surface area contributed by atoms with E-state index in [1.807, 2.05) is 0 Å². The van der Waals surface area contributed by atoms with Crippen LogP contribution in [-0.2, 0) is 0 Å². The highest BCUT2D eigenvalue weighted by molar-refractivity contribution is 6.31. The van der Waals surface area contributed by atoms with Crippen molar-refractivity contribution < 1.29 is 9.72 Å². The number of hydrogen-bond acceptors (Lipinski definition) is 4. The average molecular weight is 326 g/mol. The van der Waals surface area contributed by atoms with Crippen LogP contribution in [0.3, 0.4) is 0 Å². The quantitative estimate of drug-likeness (QED) is 0.630. The molecule has 0 unspecified atom stereocenters. The first kappa shape index (κ1) is 16.7. The molecule has 1 aliphatic rings. The molecule has 1 fully saturated rings. The first-order valence-electron chi connectivity index (χ1n) is 7.34. The number of carbonyl (C=O) groups excluding carboxylic acids is 1. The lowest BCUT2D eigenvalue weighted by atomic mass is 10.1. The molecule has 0 aliphatic carbocycles. The summed E-state index contributed by atoms with van der Waals surface area (Å²) in [4.78, 5) is 27.1. The highest BCUT2D eigenvalue weighted by atomic mass is 35.5. The van der Waals surface area contributed by atoms with Crippen LogP contribution in [0, 0.1) is 16.0 Å². The number of nitrogens with zero attached hydrogens (tertiary/aromatic N) is 3. The summed E-state index contributed by atoms with van der Waals surface area (Å²) < 4.78 is 0. The minimum Gasteiger partial charge on any atom is -0.336 e. The maximum Gasteiger partial charge on any atom is 0.283 e. The predicted octanol–water partition coefficient (Wildman–Crippen LogP) is 2.66. The van der Waals surface area contributed by atoms with Crippen molar-refractivity contribution in [3.8, 4) is 0 Å². The Morgan fingerprint density at radius 1 is 1.32 bits per heavy atom. The number of carbonyl (C=O) groups is 1. The monoisotopic (exact) mass is 325 g/mol. The van der Waals surface area contributed by atoms with Crippen molar-refractivity contribution in [3.05, 3.63) is 38.9 Å². The highest BCUT2D eigenvalue weighted by Crippen LogP contribution is 2.25. The molecule has 1 heterocycles. The Morgan fingerprint density at radius 3 is 2.50 bits per heavy atom. The average Bonchev–Trinajstić information content (AvgIpc) is 2.46. The molecule has 1 aromatic rings. The van der Waals surface area contributed by atoms with Crippen LogP contribution in [0.1, 0.15) is 24.2 Å². The molecule has 0 saturated carbocycles. The van der Waals surface area contributed by atoms with E-state index in [9.17, 15) is 14.9 Å². The molecule has 1 amide bonds. The van der Waals surface area contributed by atoms with E-state index in [1.165, 1.54) is 18.2 Å². The number of nitro benzene ring substituents is 1. The van der Waals surface area contributed by atoms with Gasteiger partial charge in [0.25, 0.3) is 11.6 Å². The fourth-order valence-electron chi connectivity index (χ4n) is 2.66. The molecule has 0 spiro atoms. The van der Waals surface area contributed by atoms with Gasteiger partial charge in [-0.05, 0) is 18.1 Å². The third-order valence-corrected chi connectivity index (χ3v) is 3.90. The van der Waals surface area contributed by atoms with Gasteiger partial charge in [-0.1, -0.05) is 25.4 Å². The van der Waals surface area contributed by atoms with Gasteiger partial charge in [0.15, 0.2) is 0 Å². The minimum absolute atomic E-state index is 0.103. The van der Waals surface area contributed by atoms with Gasteiger partial charge >= 0.3 is 0 Å². The van der Waals surface area contributed by atoms with Crippen LogP contribution in [0.15, 0.2) is 18.2 Å². The van der Waals surface area contributed by atoms with Crippen molar-refractivity contribution in [3.63, 3.8) is 0 Å². The molecule has 2 rings (SSSR count). The SMILES string of the molecule is CC(C)CN1CCN(C(=O)c2ccc(Cl)cc2[N+](=O)[O-])CC1. The van der Waals surface area contributed by atoms with E-state index < -0.39 is 4.92 Å². The molecule has 7 heteroatoms. The van der Waals surface area contributed by atoms with E-state index in [0.29, 0.717) is 19.0 Å². The molecule has 0 aromatic heterocycles. The molecule has 0 N–H and O–H groups in total. The highest BCUT2D eigenvalue weighted by Gasteiger charge is 2.27. The van der Waals surface area contributed by atoms with Crippen molar-refractivity contribution in [2.24, 2.45) is 5.92 Å². The summed E-state index contributed by atoms with van der Waals surface area (Å²) in [6.07, 6.45) is 0. The van der Waals surface area contributed by atoms with Gasteiger partial charge in [-0.2, -0.15) is 0 Å². The van der Waals surface area contributed by atoms with E-state index in [2.05, 4.69) is 18.7 Å². The summed E-state index contributed by atoms with van der Waals surface area (Å²) in [7, 11) is 0. The van der Waals surface area contributed by atoms with E-state index >= 15 is 0 Å². The molecular weight excluding hydrogens is 306 g/mol. The molecule has 0 atom stereocenters. The second-order valence-corrected chi connectivity index (χ2v) is 6.34. The van der Waals surface area contributed by atoms with Gasteiger partial charge < -0.3 is 4.90 Å². The van der Waals surface area contributed by atoms with Gasteiger partial charge in [-0.3, -0.25) is 19.8 Å². The summed E-state index contributed by atoms with van der Waals surface area (Å²) in [5.74, 6) is 0.284. The fraction of sp³-hybridized carbons (Fsp3) is 0.533. The zero-order chi connectivity index (χ0) is 16.3. The van der Waals surface area contributed by atoms with Gasteiger partial charge in [0.05, 0.1) is 4.92 Å². The van der Waals surface area contributed by atoms with Crippen molar-refractivity contribution in [1.29, 1.82) is 0 Å².